The standard InChI is InChI=1S/C16H15ClN2O/c17-12-2-1-3-13(9-12)19-15-7-5-10-8-11(16(18)20)4-6-14(10)15/h1-4,6,8-9,15,19H,5,7H2,(H2,18,20). The van der Waals surface area contributed by atoms with Crippen molar-refractivity contribution in [1.82, 2.24) is 0 Å². The lowest BCUT2D eigenvalue weighted by Crippen LogP contribution is -2.12. The van der Waals surface area contributed by atoms with Gasteiger partial charge in [-0.2, -0.15) is 0 Å². The number of carbonyl (C=O) groups excluding carboxylic acids is 1. The van der Waals surface area contributed by atoms with Crippen LogP contribution in [-0.4, -0.2) is 5.91 Å². The van der Waals surface area contributed by atoms with Crippen LogP contribution in [0, 0.1) is 0 Å². The predicted octanol–water partition coefficient (Wildman–Crippen LogP) is 3.54. The molecule has 1 amide bonds. The van der Waals surface area contributed by atoms with E-state index in [-0.39, 0.29) is 11.9 Å². The van der Waals surface area contributed by atoms with Crippen LogP contribution < -0.4 is 11.1 Å². The molecule has 3 rings (SSSR count). The summed E-state index contributed by atoms with van der Waals surface area (Å²) in [5.74, 6) is -0.376. The number of halogens is 1. The molecule has 0 bridgehead atoms. The summed E-state index contributed by atoms with van der Waals surface area (Å²) in [5.41, 5.74) is 9.32. The van der Waals surface area contributed by atoms with Gasteiger partial charge in [-0.25, -0.2) is 0 Å². The maximum absolute atomic E-state index is 11.2. The summed E-state index contributed by atoms with van der Waals surface area (Å²) >= 11 is 5.99. The highest BCUT2D eigenvalue weighted by Crippen LogP contribution is 2.34. The topological polar surface area (TPSA) is 55.1 Å². The second-order valence-electron chi connectivity index (χ2n) is 5.02. The molecule has 0 saturated carbocycles. The summed E-state index contributed by atoms with van der Waals surface area (Å²) in [4.78, 5) is 11.2. The second kappa shape index (κ2) is 5.17. The Balaban J connectivity index is 1.84. The van der Waals surface area contributed by atoms with Gasteiger partial charge < -0.3 is 11.1 Å². The van der Waals surface area contributed by atoms with Gasteiger partial charge in [0, 0.05) is 16.3 Å². The molecule has 3 nitrogen and oxygen atoms in total. The number of nitrogens with two attached hydrogens (primary N) is 1. The fourth-order valence-electron chi connectivity index (χ4n) is 2.70. The average molecular weight is 287 g/mol. The van der Waals surface area contributed by atoms with E-state index >= 15 is 0 Å². The fraction of sp³-hybridized carbons (Fsp3) is 0.188. The number of anilines is 1. The first-order valence-corrected chi connectivity index (χ1v) is 6.96. The molecule has 20 heavy (non-hydrogen) atoms. The van der Waals surface area contributed by atoms with Gasteiger partial charge in [0.05, 0.1) is 6.04 Å². The van der Waals surface area contributed by atoms with E-state index in [1.165, 1.54) is 11.1 Å². The van der Waals surface area contributed by atoms with Crippen LogP contribution in [-0.2, 0) is 6.42 Å². The lowest BCUT2D eigenvalue weighted by Gasteiger charge is -2.16. The highest BCUT2D eigenvalue weighted by Gasteiger charge is 2.23. The van der Waals surface area contributed by atoms with Gasteiger partial charge in [0.15, 0.2) is 0 Å². The number of amides is 1. The summed E-state index contributed by atoms with van der Waals surface area (Å²) in [7, 11) is 0. The van der Waals surface area contributed by atoms with E-state index in [9.17, 15) is 4.79 Å². The summed E-state index contributed by atoms with van der Waals surface area (Å²) in [5, 5.41) is 4.21. The maximum atomic E-state index is 11.2. The third kappa shape index (κ3) is 2.49. The van der Waals surface area contributed by atoms with E-state index in [4.69, 9.17) is 17.3 Å². The molecule has 0 spiro atoms. The molecule has 3 N–H and O–H groups in total. The Morgan fingerprint density at radius 1 is 1.25 bits per heavy atom. The van der Waals surface area contributed by atoms with E-state index in [1.807, 2.05) is 36.4 Å². The van der Waals surface area contributed by atoms with Gasteiger partial charge in [0.25, 0.3) is 0 Å². The SMILES string of the molecule is NC(=O)c1ccc2c(c1)CCC2Nc1cccc(Cl)c1. The van der Waals surface area contributed by atoms with Crippen molar-refractivity contribution < 1.29 is 4.79 Å². The van der Waals surface area contributed by atoms with E-state index in [0.29, 0.717) is 5.56 Å². The Hall–Kier alpha value is -2.00. The van der Waals surface area contributed by atoms with Gasteiger partial charge in [0.1, 0.15) is 0 Å². The molecule has 1 aliphatic rings. The summed E-state index contributed by atoms with van der Waals surface area (Å²) in [6.07, 6.45) is 1.96. The normalized spacial score (nSPS) is 16.8. The van der Waals surface area contributed by atoms with Gasteiger partial charge in [-0.1, -0.05) is 23.7 Å². The molecule has 0 aliphatic heterocycles. The van der Waals surface area contributed by atoms with Gasteiger partial charge in [-0.05, 0) is 54.3 Å². The Kier molecular flexibility index (Phi) is 3.36. The molecular formula is C16H15ClN2O. The molecule has 4 heteroatoms. The summed E-state index contributed by atoms with van der Waals surface area (Å²) in [6.45, 7) is 0. The van der Waals surface area contributed by atoms with Crippen LogP contribution in [0.5, 0.6) is 0 Å². The maximum Gasteiger partial charge on any atom is 0.248 e. The van der Waals surface area contributed by atoms with Gasteiger partial charge in [-0.3, -0.25) is 4.79 Å². The number of rotatable bonds is 3. The van der Waals surface area contributed by atoms with Crippen LogP contribution >= 0.6 is 11.6 Å². The van der Waals surface area contributed by atoms with Crippen molar-refractivity contribution in [2.24, 2.45) is 5.73 Å². The van der Waals surface area contributed by atoms with Crippen molar-refractivity contribution in [3.8, 4) is 0 Å². The molecular weight excluding hydrogens is 272 g/mol. The van der Waals surface area contributed by atoms with Crippen LogP contribution in [0.3, 0.4) is 0 Å². The number of primary amides is 1. The number of fused-ring (bicyclic) bond motifs is 1. The zero-order valence-corrected chi connectivity index (χ0v) is 11.7. The van der Waals surface area contributed by atoms with Crippen molar-refractivity contribution in [2.75, 3.05) is 5.32 Å². The quantitative estimate of drug-likeness (QED) is 0.907. The zero-order valence-electron chi connectivity index (χ0n) is 10.9. The minimum absolute atomic E-state index is 0.255. The van der Waals surface area contributed by atoms with Gasteiger partial charge >= 0.3 is 0 Å². The van der Waals surface area contributed by atoms with E-state index in [0.717, 1.165) is 23.6 Å². The minimum atomic E-state index is -0.376. The highest BCUT2D eigenvalue weighted by atomic mass is 35.5. The Morgan fingerprint density at radius 3 is 2.85 bits per heavy atom. The summed E-state index contributed by atoms with van der Waals surface area (Å²) in [6, 6.07) is 13.6. The number of aryl methyl sites for hydroxylation is 1. The Labute approximate surface area is 122 Å². The Morgan fingerprint density at radius 2 is 2.10 bits per heavy atom. The minimum Gasteiger partial charge on any atom is -0.378 e. The van der Waals surface area contributed by atoms with Crippen molar-refractivity contribution in [3.05, 3.63) is 64.2 Å². The Bertz CT molecular complexity index is 669. The third-order valence-corrected chi connectivity index (χ3v) is 3.91. The largest absolute Gasteiger partial charge is 0.378 e. The molecule has 0 fully saturated rings. The molecule has 1 aliphatic carbocycles. The first-order valence-electron chi connectivity index (χ1n) is 6.58. The summed E-state index contributed by atoms with van der Waals surface area (Å²) < 4.78 is 0. The second-order valence-corrected chi connectivity index (χ2v) is 5.46. The van der Waals surface area contributed by atoms with Gasteiger partial charge in [-0.15, -0.1) is 0 Å². The lowest BCUT2D eigenvalue weighted by molar-refractivity contribution is 0.1000. The number of hydrogen-bond acceptors (Lipinski definition) is 2. The van der Waals surface area contributed by atoms with Crippen molar-refractivity contribution >= 4 is 23.2 Å². The molecule has 102 valence electrons. The van der Waals surface area contributed by atoms with Gasteiger partial charge in [0.2, 0.25) is 5.91 Å². The van der Waals surface area contributed by atoms with Crippen molar-refractivity contribution in [1.29, 1.82) is 0 Å². The van der Waals surface area contributed by atoms with Crippen LogP contribution in [0.1, 0.15) is 33.9 Å². The first-order chi connectivity index (χ1) is 9.63. The molecule has 0 radical (unpaired) electrons. The van der Waals surface area contributed by atoms with Crippen LogP contribution in [0.25, 0.3) is 0 Å². The molecule has 0 heterocycles. The van der Waals surface area contributed by atoms with Crippen molar-refractivity contribution in [3.63, 3.8) is 0 Å². The molecule has 1 unspecified atom stereocenters. The van der Waals surface area contributed by atoms with E-state index in [2.05, 4.69) is 5.32 Å². The molecule has 0 saturated heterocycles. The number of hydrogen-bond donors (Lipinski definition) is 2. The molecule has 2 aromatic carbocycles. The van der Waals surface area contributed by atoms with E-state index in [1.54, 1.807) is 6.07 Å². The number of carbonyl (C=O) groups is 1. The third-order valence-electron chi connectivity index (χ3n) is 3.67. The first kappa shape index (κ1) is 13.0. The number of benzene rings is 2. The van der Waals surface area contributed by atoms with Crippen LogP contribution in [0.4, 0.5) is 5.69 Å². The van der Waals surface area contributed by atoms with Crippen LogP contribution in [0.15, 0.2) is 42.5 Å². The monoisotopic (exact) mass is 286 g/mol. The fourth-order valence-corrected chi connectivity index (χ4v) is 2.89. The number of nitrogens with one attached hydrogen (secondary N) is 1. The average Bonchev–Trinajstić information content (AvgIpc) is 2.81. The zero-order chi connectivity index (χ0) is 14.1. The van der Waals surface area contributed by atoms with E-state index < -0.39 is 0 Å². The smallest absolute Gasteiger partial charge is 0.248 e. The van der Waals surface area contributed by atoms with Crippen LogP contribution in [0.2, 0.25) is 5.02 Å². The molecule has 2 aromatic rings. The molecule has 1 atom stereocenters. The highest BCUT2D eigenvalue weighted by molar-refractivity contribution is 6.30. The predicted molar refractivity (Wildman–Crippen MR) is 81.1 cm³/mol. The molecule has 0 aromatic heterocycles. The van der Waals surface area contributed by atoms with Crippen molar-refractivity contribution in [2.45, 2.75) is 18.9 Å². The lowest BCUT2D eigenvalue weighted by atomic mass is 10.0.